The molecular formula is C16H12N2O3. The Balaban J connectivity index is 2.05. The summed E-state index contributed by atoms with van der Waals surface area (Å²) in [6.07, 6.45) is 1.36. The van der Waals surface area contributed by atoms with Crippen molar-refractivity contribution in [1.29, 1.82) is 0 Å². The van der Waals surface area contributed by atoms with Gasteiger partial charge in [-0.3, -0.25) is 0 Å². The molecule has 3 aromatic rings. The van der Waals surface area contributed by atoms with Crippen molar-refractivity contribution in [3.63, 3.8) is 0 Å². The van der Waals surface area contributed by atoms with Crippen molar-refractivity contribution in [2.24, 2.45) is 0 Å². The highest BCUT2D eigenvalue weighted by Gasteiger charge is 2.09. The van der Waals surface area contributed by atoms with Crippen molar-refractivity contribution < 1.29 is 14.6 Å². The zero-order chi connectivity index (χ0) is 14.8. The number of aryl methyl sites for hydroxylation is 1. The number of carboxylic acids is 1. The van der Waals surface area contributed by atoms with E-state index < -0.39 is 5.97 Å². The first-order valence-electron chi connectivity index (χ1n) is 6.36. The number of aromatic nitrogens is 2. The molecule has 0 saturated carbocycles. The minimum absolute atomic E-state index is 0.183. The van der Waals surface area contributed by atoms with Crippen LogP contribution < -0.4 is 4.74 Å². The van der Waals surface area contributed by atoms with Crippen molar-refractivity contribution in [1.82, 2.24) is 9.97 Å². The van der Waals surface area contributed by atoms with E-state index in [-0.39, 0.29) is 5.56 Å². The molecule has 0 atom stereocenters. The van der Waals surface area contributed by atoms with Gasteiger partial charge < -0.3 is 9.84 Å². The highest BCUT2D eigenvalue weighted by molar-refractivity contribution is 5.94. The summed E-state index contributed by atoms with van der Waals surface area (Å²) in [5.41, 5.74) is 1.80. The lowest BCUT2D eigenvalue weighted by atomic mass is 10.1. The molecule has 1 heterocycles. The van der Waals surface area contributed by atoms with Gasteiger partial charge in [0.25, 0.3) is 0 Å². The van der Waals surface area contributed by atoms with Crippen LogP contribution in [0.25, 0.3) is 10.9 Å². The third-order valence-electron chi connectivity index (χ3n) is 3.05. The van der Waals surface area contributed by atoms with Gasteiger partial charge in [-0.05, 0) is 42.8 Å². The molecule has 0 bridgehead atoms. The van der Waals surface area contributed by atoms with Gasteiger partial charge in [0.2, 0.25) is 5.88 Å². The van der Waals surface area contributed by atoms with Crippen LogP contribution in [0.5, 0.6) is 11.6 Å². The Kier molecular flexibility index (Phi) is 3.23. The van der Waals surface area contributed by atoms with Gasteiger partial charge in [0.05, 0.1) is 16.5 Å². The van der Waals surface area contributed by atoms with E-state index in [1.54, 1.807) is 6.07 Å². The number of nitrogens with zero attached hydrogens (tertiary/aromatic N) is 2. The van der Waals surface area contributed by atoms with Crippen LogP contribution in [0.15, 0.2) is 48.8 Å². The number of aromatic carboxylic acids is 1. The van der Waals surface area contributed by atoms with Crippen molar-refractivity contribution in [2.75, 3.05) is 0 Å². The van der Waals surface area contributed by atoms with Crippen LogP contribution in [0, 0.1) is 6.92 Å². The van der Waals surface area contributed by atoms with Gasteiger partial charge in [0.15, 0.2) is 0 Å². The molecule has 0 amide bonds. The number of hydrogen-bond donors (Lipinski definition) is 1. The van der Waals surface area contributed by atoms with E-state index in [1.165, 1.54) is 18.5 Å². The first-order valence-corrected chi connectivity index (χ1v) is 6.36. The Morgan fingerprint density at radius 2 is 2.00 bits per heavy atom. The number of carbonyl (C=O) groups is 1. The van der Waals surface area contributed by atoms with Gasteiger partial charge in [0, 0.05) is 0 Å². The van der Waals surface area contributed by atoms with E-state index in [2.05, 4.69) is 9.97 Å². The molecule has 104 valence electrons. The van der Waals surface area contributed by atoms with Gasteiger partial charge in [-0.2, -0.15) is 0 Å². The van der Waals surface area contributed by atoms with Gasteiger partial charge in [-0.25, -0.2) is 14.8 Å². The first-order chi connectivity index (χ1) is 10.1. The zero-order valence-electron chi connectivity index (χ0n) is 11.3. The van der Waals surface area contributed by atoms with Crippen LogP contribution in [0.3, 0.4) is 0 Å². The van der Waals surface area contributed by atoms with Crippen LogP contribution in [0.2, 0.25) is 0 Å². The Morgan fingerprint density at radius 1 is 1.14 bits per heavy atom. The highest BCUT2D eigenvalue weighted by atomic mass is 16.5. The largest absolute Gasteiger partial charge is 0.478 e. The summed E-state index contributed by atoms with van der Waals surface area (Å²) in [6.45, 7) is 1.98. The second-order valence-corrected chi connectivity index (χ2v) is 4.63. The summed E-state index contributed by atoms with van der Waals surface area (Å²) >= 11 is 0. The van der Waals surface area contributed by atoms with Gasteiger partial charge >= 0.3 is 5.97 Å². The minimum atomic E-state index is -0.989. The van der Waals surface area contributed by atoms with Crippen LogP contribution >= 0.6 is 0 Å². The predicted molar refractivity (Wildman–Crippen MR) is 77.8 cm³/mol. The van der Waals surface area contributed by atoms with Crippen LogP contribution in [0.1, 0.15) is 15.9 Å². The van der Waals surface area contributed by atoms with Crippen LogP contribution in [0.4, 0.5) is 0 Å². The zero-order valence-corrected chi connectivity index (χ0v) is 11.3. The maximum absolute atomic E-state index is 11.0. The average Bonchev–Trinajstić information content (AvgIpc) is 2.47. The summed E-state index contributed by atoms with van der Waals surface area (Å²) in [4.78, 5) is 19.2. The second kappa shape index (κ2) is 5.20. The molecule has 0 radical (unpaired) electrons. The molecule has 2 aromatic carbocycles. The molecule has 1 N–H and O–H groups in total. The lowest BCUT2D eigenvalue weighted by molar-refractivity contribution is 0.0697. The second-order valence-electron chi connectivity index (χ2n) is 4.63. The quantitative estimate of drug-likeness (QED) is 0.795. The Bertz CT molecular complexity index is 831. The molecule has 0 spiro atoms. The predicted octanol–water partition coefficient (Wildman–Crippen LogP) is 3.43. The van der Waals surface area contributed by atoms with E-state index in [1.807, 2.05) is 31.2 Å². The smallest absolute Gasteiger partial charge is 0.335 e. The van der Waals surface area contributed by atoms with E-state index in [0.717, 1.165) is 5.56 Å². The topological polar surface area (TPSA) is 72.3 Å². The average molecular weight is 280 g/mol. The molecule has 0 saturated heterocycles. The molecule has 1 aromatic heterocycles. The summed E-state index contributed by atoms with van der Waals surface area (Å²) in [7, 11) is 0. The number of ether oxygens (including phenoxy) is 1. The number of rotatable bonds is 3. The summed E-state index contributed by atoms with van der Waals surface area (Å²) in [5, 5.41) is 9.68. The Labute approximate surface area is 120 Å². The highest BCUT2D eigenvalue weighted by Crippen LogP contribution is 2.27. The lowest BCUT2D eigenvalue weighted by Crippen LogP contribution is -1.97. The van der Waals surface area contributed by atoms with Gasteiger partial charge in [-0.15, -0.1) is 0 Å². The fourth-order valence-corrected chi connectivity index (χ4v) is 2.04. The maximum Gasteiger partial charge on any atom is 0.335 e. The first kappa shape index (κ1) is 13.1. The Morgan fingerprint density at radius 3 is 2.76 bits per heavy atom. The summed E-state index contributed by atoms with van der Waals surface area (Å²) in [5.74, 6) is 0.0940. The van der Waals surface area contributed by atoms with Crippen molar-refractivity contribution in [2.45, 2.75) is 6.92 Å². The number of hydrogen-bond acceptors (Lipinski definition) is 4. The molecule has 5 heteroatoms. The number of carboxylic acid groups (broad SMARTS) is 1. The van der Waals surface area contributed by atoms with Crippen molar-refractivity contribution in [3.8, 4) is 11.6 Å². The van der Waals surface area contributed by atoms with Crippen molar-refractivity contribution in [3.05, 3.63) is 59.9 Å². The van der Waals surface area contributed by atoms with E-state index in [0.29, 0.717) is 22.5 Å². The molecule has 0 fully saturated rings. The van der Waals surface area contributed by atoms with E-state index in [9.17, 15) is 4.79 Å². The van der Waals surface area contributed by atoms with Gasteiger partial charge in [-0.1, -0.05) is 12.1 Å². The molecule has 21 heavy (non-hydrogen) atoms. The molecule has 0 aliphatic carbocycles. The monoisotopic (exact) mass is 280 g/mol. The normalized spacial score (nSPS) is 10.5. The lowest BCUT2D eigenvalue weighted by Gasteiger charge is -2.08. The van der Waals surface area contributed by atoms with Crippen LogP contribution in [-0.2, 0) is 0 Å². The number of fused-ring (bicyclic) bond motifs is 1. The third-order valence-corrected chi connectivity index (χ3v) is 3.05. The Hall–Kier alpha value is -2.95. The fraction of sp³-hybridized carbons (Fsp3) is 0.0625. The molecular weight excluding hydrogens is 268 g/mol. The third kappa shape index (κ3) is 2.67. The standard InChI is InChI=1S/C16H12N2O3/c1-10-3-2-4-12(7-10)21-15-13-6-5-11(16(19)20)8-14(13)17-9-18-15/h2-9H,1H3,(H,19,20). The molecule has 3 rings (SSSR count). The van der Waals surface area contributed by atoms with Crippen LogP contribution in [-0.4, -0.2) is 21.0 Å². The summed E-state index contributed by atoms with van der Waals surface area (Å²) < 4.78 is 5.77. The number of benzene rings is 2. The minimum Gasteiger partial charge on any atom is -0.478 e. The molecule has 0 aliphatic rings. The fourth-order valence-electron chi connectivity index (χ4n) is 2.04. The van der Waals surface area contributed by atoms with E-state index in [4.69, 9.17) is 9.84 Å². The molecule has 5 nitrogen and oxygen atoms in total. The van der Waals surface area contributed by atoms with E-state index >= 15 is 0 Å². The molecule has 0 aliphatic heterocycles. The van der Waals surface area contributed by atoms with Gasteiger partial charge in [0.1, 0.15) is 12.1 Å². The maximum atomic E-state index is 11.0. The summed E-state index contributed by atoms with van der Waals surface area (Å²) in [6, 6.07) is 12.3. The molecule has 0 unspecified atom stereocenters. The van der Waals surface area contributed by atoms with Crippen molar-refractivity contribution >= 4 is 16.9 Å². The SMILES string of the molecule is Cc1cccc(Oc2ncnc3cc(C(=O)O)ccc23)c1.